The van der Waals surface area contributed by atoms with E-state index in [1.165, 1.54) is 0 Å². The minimum atomic E-state index is -1.11. The van der Waals surface area contributed by atoms with Gasteiger partial charge in [0.05, 0.1) is 0 Å². The summed E-state index contributed by atoms with van der Waals surface area (Å²) in [5.74, 6) is 5.37. The van der Waals surface area contributed by atoms with Crippen LogP contribution in [0.1, 0.15) is 16.7 Å². The second-order valence-electron chi connectivity index (χ2n) is 3.87. The summed E-state index contributed by atoms with van der Waals surface area (Å²) in [6, 6.07) is 5.77. The molecule has 1 atom stereocenters. The maximum absolute atomic E-state index is 5.97. The molecule has 2 rings (SSSR count). The molecule has 0 saturated heterocycles. The molecular weight excluding hydrogens is 178 g/mol. The fourth-order valence-corrected chi connectivity index (χ4v) is 1.92. The molecule has 76 valence electrons. The van der Waals surface area contributed by atoms with Crippen molar-refractivity contribution in [3.05, 3.63) is 34.9 Å². The van der Waals surface area contributed by atoms with Crippen LogP contribution in [0.2, 0.25) is 0 Å². The van der Waals surface area contributed by atoms with Crippen molar-refractivity contribution in [3.8, 4) is 0 Å². The highest BCUT2D eigenvalue weighted by molar-refractivity contribution is 5.52. The van der Waals surface area contributed by atoms with Gasteiger partial charge in [0.1, 0.15) is 11.3 Å². The molecule has 1 aromatic rings. The van der Waals surface area contributed by atoms with E-state index in [1.807, 2.05) is 25.1 Å². The smallest absolute Gasteiger partial charge is 0.141 e. The maximum Gasteiger partial charge on any atom is 0.141 e. The molecule has 1 aliphatic rings. The number of hydrogen-bond donors (Lipinski definition) is 5. The lowest BCUT2D eigenvalue weighted by Gasteiger charge is -2.53. The van der Waals surface area contributed by atoms with E-state index >= 15 is 0 Å². The Balaban J connectivity index is 2.61. The normalized spacial score (nSPS) is 28.1. The molecule has 9 N–H and O–H groups in total. The quantitative estimate of drug-likeness (QED) is 0.215. The SMILES string of the molecule is Cc1ccc2c(c1)C(N)(NN)C2(N)N. The molecule has 1 aliphatic carbocycles. The first-order chi connectivity index (χ1) is 6.43. The number of nitrogens with one attached hydrogen (secondary N) is 1. The van der Waals surface area contributed by atoms with Crippen molar-refractivity contribution < 1.29 is 0 Å². The van der Waals surface area contributed by atoms with Gasteiger partial charge < -0.3 is 17.2 Å². The third kappa shape index (κ3) is 0.853. The highest BCUT2D eigenvalue weighted by Crippen LogP contribution is 2.44. The molecular formula is C9H15N5. The van der Waals surface area contributed by atoms with Crippen LogP contribution >= 0.6 is 0 Å². The fraction of sp³-hybridized carbons (Fsp3) is 0.333. The standard InChI is InChI=1S/C9H15N5/c1-5-2-3-6-7(4-5)9(12,14-13)8(6,10)11/h2-4,14H,10-13H2,1H3. The summed E-state index contributed by atoms with van der Waals surface area (Å²) < 4.78 is 0. The van der Waals surface area contributed by atoms with E-state index in [9.17, 15) is 0 Å². The third-order valence-corrected chi connectivity index (χ3v) is 2.93. The van der Waals surface area contributed by atoms with Gasteiger partial charge in [0.15, 0.2) is 0 Å². The Morgan fingerprint density at radius 1 is 1.14 bits per heavy atom. The molecule has 0 spiro atoms. The van der Waals surface area contributed by atoms with Crippen molar-refractivity contribution in [1.29, 1.82) is 0 Å². The van der Waals surface area contributed by atoms with Gasteiger partial charge in [-0.25, -0.2) is 5.43 Å². The van der Waals surface area contributed by atoms with Crippen LogP contribution in [0.3, 0.4) is 0 Å². The number of benzene rings is 1. The van der Waals surface area contributed by atoms with Crippen molar-refractivity contribution in [2.75, 3.05) is 0 Å². The van der Waals surface area contributed by atoms with Crippen molar-refractivity contribution in [3.63, 3.8) is 0 Å². The van der Waals surface area contributed by atoms with Gasteiger partial charge in [0.25, 0.3) is 0 Å². The Morgan fingerprint density at radius 3 is 2.36 bits per heavy atom. The molecule has 0 saturated carbocycles. The van der Waals surface area contributed by atoms with Gasteiger partial charge in [-0.3, -0.25) is 5.84 Å². The second-order valence-corrected chi connectivity index (χ2v) is 3.87. The minimum Gasteiger partial charge on any atom is -0.307 e. The first kappa shape index (κ1) is 9.57. The van der Waals surface area contributed by atoms with Crippen LogP contribution in [0.4, 0.5) is 0 Å². The highest BCUT2D eigenvalue weighted by atomic mass is 15.4. The lowest BCUT2D eigenvalue weighted by molar-refractivity contribution is 0.128. The number of fused-ring (bicyclic) bond motifs is 1. The molecule has 0 fully saturated rings. The van der Waals surface area contributed by atoms with Crippen molar-refractivity contribution >= 4 is 0 Å². The number of hydrogen-bond acceptors (Lipinski definition) is 5. The molecule has 5 heteroatoms. The fourth-order valence-electron chi connectivity index (χ4n) is 1.92. The summed E-state index contributed by atoms with van der Waals surface area (Å²) in [5.41, 5.74) is 20.9. The van der Waals surface area contributed by atoms with E-state index < -0.39 is 11.3 Å². The van der Waals surface area contributed by atoms with Gasteiger partial charge in [0, 0.05) is 0 Å². The largest absolute Gasteiger partial charge is 0.307 e. The van der Waals surface area contributed by atoms with Gasteiger partial charge in [-0.15, -0.1) is 0 Å². The van der Waals surface area contributed by atoms with Gasteiger partial charge >= 0.3 is 0 Å². The van der Waals surface area contributed by atoms with Gasteiger partial charge in [-0.2, -0.15) is 0 Å². The first-order valence-electron chi connectivity index (χ1n) is 4.39. The summed E-state index contributed by atoms with van der Waals surface area (Å²) in [7, 11) is 0. The number of rotatable bonds is 1. The molecule has 5 nitrogen and oxygen atoms in total. The Labute approximate surface area is 82.4 Å². The van der Waals surface area contributed by atoms with E-state index in [1.54, 1.807) is 0 Å². The predicted molar refractivity (Wildman–Crippen MR) is 54.4 cm³/mol. The number of nitrogens with two attached hydrogens (primary N) is 4. The lowest BCUT2D eigenvalue weighted by atomic mass is 9.68. The molecule has 0 aromatic heterocycles. The van der Waals surface area contributed by atoms with Crippen LogP contribution in [0.5, 0.6) is 0 Å². The summed E-state index contributed by atoms with van der Waals surface area (Å²) >= 11 is 0. The van der Waals surface area contributed by atoms with Crippen molar-refractivity contribution in [2.24, 2.45) is 23.0 Å². The molecule has 1 aromatic carbocycles. The molecule has 1 unspecified atom stereocenters. The lowest BCUT2D eigenvalue weighted by Crippen LogP contribution is -2.80. The van der Waals surface area contributed by atoms with Gasteiger partial charge in [-0.05, 0) is 18.1 Å². The van der Waals surface area contributed by atoms with Crippen LogP contribution in [0, 0.1) is 6.92 Å². The van der Waals surface area contributed by atoms with E-state index in [2.05, 4.69) is 5.43 Å². The summed E-state index contributed by atoms with van der Waals surface area (Å²) in [5, 5.41) is 0. The zero-order valence-electron chi connectivity index (χ0n) is 8.04. The number of aryl methyl sites for hydroxylation is 1. The summed E-state index contributed by atoms with van der Waals surface area (Å²) in [6.07, 6.45) is 0. The van der Waals surface area contributed by atoms with Crippen LogP contribution in [-0.4, -0.2) is 0 Å². The average Bonchev–Trinajstić information content (AvgIpc) is 2.16. The monoisotopic (exact) mass is 193 g/mol. The molecule has 0 bridgehead atoms. The summed E-state index contributed by atoms with van der Waals surface area (Å²) in [6.45, 7) is 1.98. The molecule has 0 aliphatic heterocycles. The molecule has 14 heavy (non-hydrogen) atoms. The van der Waals surface area contributed by atoms with Gasteiger partial charge in [0.2, 0.25) is 0 Å². The topological polar surface area (TPSA) is 116 Å². The molecule has 0 heterocycles. The first-order valence-corrected chi connectivity index (χ1v) is 4.39. The van der Waals surface area contributed by atoms with Crippen LogP contribution in [-0.2, 0) is 11.3 Å². The Morgan fingerprint density at radius 2 is 1.79 bits per heavy atom. The van der Waals surface area contributed by atoms with E-state index in [-0.39, 0.29) is 0 Å². The maximum atomic E-state index is 5.97. The highest BCUT2D eigenvalue weighted by Gasteiger charge is 2.56. The number of hydrazine groups is 1. The van der Waals surface area contributed by atoms with Gasteiger partial charge in [-0.1, -0.05) is 23.8 Å². The molecule has 0 radical (unpaired) electrons. The molecule has 0 amide bonds. The van der Waals surface area contributed by atoms with Crippen LogP contribution in [0.15, 0.2) is 18.2 Å². The summed E-state index contributed by atoms with van der Waals surface area (Å²) in [4.78, 5) is 0. The third-order valence-electron chi connectivity index (χ3n) is 2.93. The van der Waals surface area contributed by atoms with Crippen molar-refractivity contribution in [2.45, 2.75) is 18.2 Å². The van der Waals surface area contributed by atoms with Crippen molar-refractivity contribution in [1.82, 2.24) is 5.43 Å². The zero-order chi connectivity index (χ0) is 10.6. The van der Waals surface area contributed by atoms with E-state index in [0.29, 0.717) is 0 Å². The Kier molecular flexibility index (Phi) is 1.73. The second kappa shape index (κ2) is 2.53. The van der Waals surface area contributed by atoms with Crippen LogP contribution < -0.4 is 28.5 Å². The minimum absolute atomic E-state index is 0.837. The van der Waals surface area contributed by atoms with E-state index in [4.69, 9.17) is 23.0 Å². The average molecular weight is 193 g/mol. The predicted octanol–water partition coefficient (Wildman–Crippen LogP) is -1.35. The van der Waals surface area contributed by atoms with E-state index in [0.717, 1.165) is 16.7 Å². The zero-order valence-corrected chi connectivity index (χ0v) is 8.04. The Hall–Kier alpha value is -0.980. The Bertz CT molecular complexity index is 387. The van der Waals surface area contributed by atoms with Crippen LogP contribution in [0.25, 0.3) is 0 Å².